The molecular weight excluding hydrogens is 388 g/mol. The van der Waals surface area contributed by atoms with Gasteiger partial charge in [0.2, 0.25) is 5.91 Å². The molecule has 0 heterocycles. The summed E-state index contributed by atoms with van der Waals surface area (Å²) in [6.45, 7) is 0.681. The van der Waals surface area contributed by atoms with Crippen molar-refractivity contribution in [3.63, 3.8) is 0 Å². The van der Waals surface area contributed by atoms with E-state index in [0.717, 1.165) is 5.56 Å². The molecule has 2 amide bonds. The van der Waals surface area contributed by atoms with E-state index in [1.54, 1.807) is 24.3 Å². The Kier molecular flexibility index (Phi) is 6.00. The minimum atomic E-state index is -0.466. The van der Waals surface area contributed by atoms with Gasteiger partial charge in [-0.2, -0.15) is 0 Å². The van der Waals surface area contributed by atoms with Gasteiger partial charge < -0.3 is 15.8 Å². The summed E-state index contributed by atoms with van der Waals surface area (Å²) >= 11 is 0. The van der Waals surface area contributed by atoms with Gasteiger partial charge in [-0.25, -0.2) is 4.79 Å². The third kappa shape index (κ3) is 4.59. The molecule has 3 aromatic carbocycles. The molecule has 0 radical (unpaired) electrons. The van der Waals surface area contributed by atoms with Crippen LogP contribution in [0.25, 0.3) is 11.1 Å². The van der Waals surface area contributed by atoms with Crippen LogP contribution in [0.5, 0.6) is 0 Å². The van der Waals surface area contributed by atoms with Gasteiger partial charge in [-0.15, -0.1) is 0 Å². The molecule has 0 atom stereocenters. The Labute approximate surface area is 181 Å². The highest BCUT2D eigenvalue weighted by Crippen LogP contribution is 2.44. The zero-order valence-electron chi connectivity index (χ0n) is 16.9. The van der Waals surface area contributed by atoms with Crippen LogP contribution in [0.15, 0.2) is 72.8 Å². The van der Waals surface area contributed by atoms with E-state index >= 15 is 0 Å². The predicted octanol–water partition coefficient (Wildman–Crippen LogP) is 4.07. The van der Waals surface area contributed by atoms with Gasteiger partial charge in [-0.05, 0) is 46.5 Å². The van der Waals surface area contributed by atoms with E-state index < -0.39 is 12.0 Å². The highest BCUT2D eigenvalue weighted by atomic mass is 16.5. The first-order valence-electron chi connectivity index (χ1n) is 10.1. The molecule has 5 heteroatoms. The molecule has 4 rings (SSSR count). The molecule has 0 aromatic heterocycles. The normalized spacial score (nSPS) is 11.6. The zero-order valence-corrected chi connectivity index (χ0v) is 16.9. The number of carbonyl (C=O) groups excluding carboxylic acids is 2. The summed E-state index contributed by atoms with van der Waals surface area (Å²) in [6, 6.07) is 23.2. The van der Waals surface area contributed by atoms with Crippen LogP contribution in [0, 0.1) is 11.8 Å². The van der Waals surface area contributed by atoms with Crippen LogP contribution < -0.4 is 11.1 Å². The molecule has 0 bridgehead atoms. The fraction of sp³-hybridized carbons (Fsp3) is 0.154. The molecule has 3 N–H and O–H groups in total. The Bertz CT molecular complexity index is 1130. The molecule has 1 aliphatic carbocycles. The summed E-state index contributed by atoms with van der Waals surface area (Å²) in [5.74, 6) is 5.56. The van der Waals surface area contributed by atoms with Crippen molar-refractivity contribution in [2.45, 2.75) is 12.3 Å². The topological polar surface area (TPSA) is 81.4 Å². The summed E-state index contributed by atoms with van der Waals surface area (Å²) in [5.41, 5.74) is 11.2. The Morgan fingerprint density at radius 3 is 2.13 bits per heavy atom. The van der Waals surface area contributed by atoms with Crippen molar-refractivity contribution < 1.29 is 14.3 Å². The van der Waals surface area contributed by atoms with E-state index in [0.29, 0.717) is 18.5 Å². The number of fused-ring (bicyclic) bond motifs is 3. The van der Waals surface area contributed by atoms with Crippen molar-refractivity contribution in [3.8, 4) is 23.0 Å². The van der Waals surface area contributed by atoms with Crippen LogP contribution >= 0.6 is 0 Å². The molecule has 31 heavy (non-hydrogen) atoms. The first-order chi connectivity index (χ1) is 15.1. The van der Waals surface area contributed by atoms with Crippen LogP contribution in [0.2, 0.25) is 0 Å². The third-order valence-corrected chi connectivity index (χ3v) is 5.27. The van der Waals surface area contributed by atoms with Crippen molar-refractivity contribution in [1.29, 1.82) is 0 Å². The highest BCUT2D eigenvalue weighted by molar-refractivity contribution is 5.92. The van der Waals surface area contributed by atoms with E-state index in [1.807, 2.05) is 24.3 Å². The van der Waals surface area contributed by atoms with Crippen LogP contribution in [0.3, 0.4) is 0 Å². The van der Waals surface area contributed by atoms with E-state index in [4.69, 9.17) is 10.5 Å². The van der Waals surface area contributed by atoms with E-state index in [1.165, 1.54) is 22.3 Å². The average Bonchev–Trinajstić information content (AvgIpc) is 3.11. The quantitative estimate of drug-likeness (QED) is 0.492. The van der Waals surface area contributed by atoms with Gasteiger partial charge in [0.1, 0.15) is 6.61 Å². The zero-order chi connectivity index (χ0) is 21.6. The Balaban J connectivity index is 1.27. The minimum Gasteiger partial charge on any atom is -0.449 e. The molecule has 0 saturated heterocycles. The Morgan fingerprint density at radius 1 is 0.903 bits per heavy atom. The largest absolute Gasteiger partial charge is 0.449 e. The molecular formula is C26H22N2O3. The Morgan fingerprint density at radius 2 is 1.52 bits per heavy atom. The second-order valence-electron chi connectivity index (χ2n) is 7.25. The predicted molar refractivity (Wildman–Crippen MR) is 120 cm³/mol. The van der Waals surface area contributed by atoms with Crippen molar-refractivity contribution in [2.75, 3.05) is 13.2 Å². The maximum Gasteiger partial charge on any atom is 0.407 e. The number of amides is 2. The van der Waals surface area contributed by atoms with Gasteiger partial charge >= 0.3 is 6.09 Å². The van der Waals surface area contributed by atoms with Gasteiger partial charge in [-0.3, -0.25) is 4.79 Å². The maximum absolute atomic E-state index is 12.1. The van der Waals surface area contributed by atoms with E-state index in [9.17, 15) is 9.59 Å². The standard InChI is InChI=1S/C26H22N2O3/c27-25(29)19-14-12-18(13-15-19)7-5-6-16-28-26(30)31-17-24-22-10-3-1-8-20(22)21-9-2-4-11-23(21)24/h1-4,8-15,24H,6,16-17H2,(H2,27,29)(H,28,30). The van der Waals surface area contributed by atoms with Gasteiger partial charge in [0.05, 0.1) is 0 Å². The number of rotatable bonds is 5. The number of hydrogen-bond acceptors (Lipinski definition) is 3. The lowest BCUT2D eigenvalue weighted by molar-refractivity contribution is 0.1000. The number of alkyl carbamates (subject to hydrolysis) is 1. The van der Waals surface area contributed by atoms with Crippen LogP contribution in [0.4, 0.5) is 4.79 Å². The van der Waals surface area contributed by atoms with Crippen LogP contribution in [-0.2, 0) is 4.74 Å². The number of nitrogens with one attached hydrogen (secondary N) is 1. The maximum atomic E-state index is 12.1. The molecule has 5 nitrogen and oxygen atoms in total. The number of primary amides is 1. The summed E-state index contributed by atoms with van der Waals surface area (Å²) in [5, 5.41) is 2.74. The first kappa shape index (κ1) is 20.2. The molecule has 0 aliphatic heterocycles. The van der Waals surface area contributed by atoms with Gasteiger partial charge in [0.15, 0.2) is 0 Å². The number of hydrogen-bond donors (Lipinski definition) is 2. The van der Waals surface area contributed by atoms with Gasteiger partial charge in [0, 0.05) is 30.0 Å². The smallest absolute Gasteiger partial charge is 0.407 e. The second kappa shape index (κ2) is 9.19. The fourth-order valence-corrected chi connectivity index (χ4v) is 3.76. The lowest BCUT2D eigenvalue weighted by atomic mass is 9.98. The molecule has 154 valence electrons. The van der Waals surface area contributed by atoms with Crippen LogP contribution in [0.1, 0.15) is 39.4 Å². The van der Waals surface area contributed by atoms with Crippen molar-refractivity contribution in [1.82, 2.24) is 5.32 Å². The second-order valence-corrected chi connectivity index (χ2v) is 7.25. The van der Waals surface area contributed by atoms with Gasteiger partial charge in [-0.1, -0.05) is 60.4 Å². The van der Waals surface area contributed by atoms with Crippen molar-refractivity contribution >= 4 is 12.0 Å². The van der Waals surface area contributed by atoms with Gasteiger partial charge in [0.25, 0.3) is 0 Å². The number of benzene rings is 3. The van der Waals surface area contributed by atoms with Crippen molar-refractivity contribution in [2.24, 2.45) is 5.73 Å². The van der Waals surface area contributed by atoms with Crippen LogP contribution in [-0.4, -0.2) is 25.2 Å². The molecule has 1 aliphatic rings. The minimum absolute atomic E-state index is 0.0429. The van der Waals surface area contributed by atoms with E-state index in [2.05, 4.69) is 41.4 Å². The molecule has 0 unspecified atom stereocenters. The summed E-state index contributed by atoms with van der Waals surface area (Å²) in [6.07, 6.45) is 0.0383. The van der Waals surface area contributed by atoms with E-state index in [-0.39, 0.29) is 12.5 Å². The first-order valence-corrected chi connectivity index (χ1v) is 10.1. The van der Waals surface area contributed by atoms with Crippen molar-refractivity contribution in [3.05, 3.63) is 95.1 Å². The summed E-state index contributed by atoms with van der Waals surface area (Å²) in [7, 11) is 0. The molecule has 0 spiro atoms. The SMILES string of the molecule is NC(=O)c1ccc(C#CCCNC(=O)OCC2c3ccccc3-c3ccccc32)cc1. The molecule has 0 fully saturated rings. The summed E-state index contributed by atoms with van der Waals surface area (Å²) < 4.78 is 5.50. The Hall–Kier alpha value is -4.04. The number of ether oxygens (including phenoxy) is 1. The lowest BCUT2D eigenvalue weighted by Crippen LogP contribution is -2.26. The number of nitrogens with two attached hydrogens (primary N) is 1. The monoisotopic (exact) mass is 410 g/mol. The molecule has 0 saturated carbocycles. The molecule has 3 aromatic rings. The third-order valence-electron chi connectivity index (χ3n) is 5.27. The number of carbonyl (C=O) groups is 2. The lowest BCUT2D eigenvalue weighted by Gasteiger charge is -2.14. The summed E-state index contributed by atoms with van der Waals surface area (Å²) in [4.78, 5) is 23.2. The highest BCUT2D eigenvalue weighted by Gasteiger charge is 2.28. The fourth-order valence-electron chi connectivity index (χ4n) is 3.76. The average molecular weight is 410 g/mol.